The molecule has 0 aliphatic heterocycles. The molecular formula is C17H24N4O2S. The highest BCUT2D eigenvalue weighted by Crippen LogP contribution is 2.22. The Morgan fingerprint density at radius 3 is 2.67 bits per heavy atom. The molecule has 0 bridgehead atoms. The Balaban J connectivity index is 1.83. The molecular weight excluding hydrogens is 324 g/mol. The first kappa shape index (κ1) is 18.4. The average molecular weight is 348 g/mol. The van der Waals surface area contributed by atoms with Crippen molar-refractivity contribution in [3.05, 3.63) is 29.3 Å². The van der Waals surface area contributed by atoms with E-state index in [1.165, 1.54) is 4.90 Å². The zero-order valence-corrected chi connectivity index (χ0v) is 15.2. The molecule has 0 radical (unpaired) electrons. The van der Waals surface area contributed by atoms with E-state index in [2.05, 4.69) is 10.3 Å². The topological polar surface area (TPSA) is 65.5 Å². The van der Waals surface area contributed by atoms with E-state index in [9.17, 15) is 9.59 Å². The summed E-state index contributed by atoms with van der Waals surface area (Å²) in [5.41, 5.74) is 0.988. The molecule has 2 aromatic rings. The quantitative estimate of drug-likeness (QED) is 0.789. The van der Waals surface area contributed by atoms with Crippen LogP contribution in [0.3, 0.4) is 0 Å². The molecule has 1 N–H and O–H groups in total. The van der Waals surface area contributed by atoms with Gasteiger partial charge in [-0.15, -0.1) is 11.3 Å². The summed E-state index contributed by atoms with van der Waals surface area (Å²) in [4.78, 5) is 31.8. The second-order valence-corrected chi connectivity index (χ2v) is 6.96. The fourth-order valence-corrected chi connectivity index (χ4v) is 3.30. The lowest BCUT2D eigenvalue weighted by Crippen LogP contribution is -2.42. The molecule has 0 fully saturated rings. The van der Waals surface area contributed by atoms with Crippen molar-refractivity contribution in [2.24, 2.45) is 0 Å². The van der Waals surface area contributed by atoms with Gasteiger partial charge in [-0.05, 0) is 25.6 Å². The number of fused-ring (bicyclic) bond motifs is 1. The molecule has 0 saturated heterocycles. The third-order valence-corrected chi connectivity index (χ3v) is 4.55. The van der Waals surface area contributed by atoms with Crippen LogP contribution in [0.2, 0.25) is 0 Å². The number of amides is 2. The first-order valence-electron chi connectivity index (χ1n) is 8.03. The van der Waals surface area contributed by atoms with E-state index in [0.29, 0.717) is 13.1 Å². The van der Waals surface area contributed by atoms with Gasteiger partial charge in [-0.25, -0.2) is 4.98 Å². The van der Waals surface area contributed by atoms with Crippen molar-refractivity contribution in [2.75, 3.05) is 33.7 Å². The zero-order chi connectivity index (χ0) is 17.5. The highest BCUT2D eigenvalue weighted by atomic mass is 32.1. The van der Waals surface area contributed by atoms with Gasteiger partial charge in [0.05, 0.1) is 29.9 Å². The molecule has 2 rings (SSSR count). The smallest absolute Gasteiger partial charge is 0.239 e. The molecule has 2 amide bonds. The number of thiazole rings is 1. The largest absolute Gasteiger partial charge is 0.355 e. The summed E-state index contributed by atoms with van der Waals surface area (Å²) < 4.78 is 1.15. The van der Waals surface area contributed by atoms with Crippen LogP contribution in [-0.4, -0.2) is 60.3 Å². The Kier molecular flexibility index (Phi) is 6.69. The lowest BCUT2D eigenvalue weighted by Gasteiger charge is -2.20. The zero-order valence-electron chi connectivity index (χ0n) is 14.4. The number of nitrogens with one attached hydrogen (secondary N) is 1. The molecule has 1 aromatic heterocycles. The summed E-state index contributed by atoms with van der Waals surface area (Å²) in [5.74, 6) is -0.202. The van der Waals surface area contributed by atoms with E-state index in [1.807, 2.05) is 43.1 Å². The van der Waals surface area contributed by atoms with Gasteiger partial charge in [0.2, 0.25) is 11.8 Å². The van der Waals surface area contributed by atoms with Gasteiger partial charge in [-0.1, -0.05) is 19.1 Å². The van der Waals surface area contributed by atoms with Crippen molar-refractivity contribution in [1.82, 2.24) is 20.1 Å². The first-order valence-corrected chi connectivity index (χ1v) is 8.85. The van der Waals surface area contributed by atoms with Gasteiger partial charge in [-0.2, -0.15) is 0 Å². The van der Waals surface area contributed by atoms with Gasteiger partial charge in [0.25, 0.3) is 0 Å². The normalized spacial score (nSPS) is 11.0. The fourth-order valence-electron chi connectivity index (χ4n) is 2.25. The number of hydrogen-bond acceptors (Lipinski definition) is 5. The molecule has 0 unspecified atom stereocenters. The summed E-state index contributed by atoms with van der Waals surface area (Å²) in [6, 6.07) is 8.00. The summed E-state index contributed by atoms with van der Waals surface area (Å²) in [5, 5.41) is 3.75. The van der Waals surface area contributed by atoms with Crippen LogP contribution in [0.5, 0.6) is 0 Å². The van der Waals surface area contributed by atoms with Gasteiger partial charge in [0.1, 0.15) is 5.01 Å². The third kappa shape index (κ3) is 5.28. The van der Waals surface area contributed by atoms with E-state index < -0.39 is 0 Å². The van der Waals surface area contributed by atoms with Crippen LogP contribution < -0.4 is 5.32 Å². The maximum Gasteiger partial charge on any atom is 0.239 e. The molecule has 6 nitrogen and oxygen atoms in total. The van der Waals surface area contributed by atoms with Crippen molar-refractivity contribution in [2.45, 2.75) is 19.9 Å². The van der Waals surface area contributed by atoms with Crippen molar-refractivity contribution in [1.29, 1.82) is 0 Å². The van der Waals surface area contributed by atoms with Gasteiger partial charge in [0, 0.05) is 13.6 Å². The lowest BCUT2D eigenvalue weighted by molar-refractivity contribution is -0.135. The summed E-state index contributed by atoms with van der Waals surface area (Å²) in [7, 11) is 3.54. The molecule has 1 heterocycles. The van der Waals surface area contributed by atoms with Crippen LogP contribution in [-0.2, 0) is 16.1 Å². The third-order valence-electron chi connectivity index (χ3n) is 3.53. The summed E-state index contributed by atoms with van der Waals surface area (Å²) in [6.07, 6.45) is 0.883. The number of rotatable bonds is 8. The number of likely N-dealkylation sites (N-methyl/N-ethyl adjacent to an activating group) is 2. The summed E-state index contributed by atoms with van der Waals surface area (Å²) >= 11 is 1.64. The Hall–Kier alpha value is -1.99. The predicted octanol–water partition coefficient (Wildman–Crippen LogP) is 1.71. The Labute approximate surface area is 146 Å². The van der Waals surface area contributed by atoms with Crippen LogP contribution in [0.15, 0.2) is 24.3 Å². The molecule has 7 heteroatoms. The van der Waals surface area contributed by atoms with E-state index in [0.717, 1.165) is 21.6 Å². The minimum absolute atomic E-state index is 0.0785. The average Bonchev–Trinajstić information content (AvgIpc) is 2.94. The van der Waals surface area contributed by atoms with Gasteiger partial charge in [-0.3, -0.25) is 14.5 Å². The summed E-state index contributed by atoms with van der Waals surface area (Å²) in [6.45, 7) is 3.59. The molecule has 0 aliphatic rings. The van der Waals surface area contributed by atoms with Crippen molar-refractivity contribution in [3.8, 4) is 0 Å². The van der Waals surface area contributed by atoms with Crippen molar-refractivity contribution >= 4 is 33.4 Å². The maximum atomic E-state index is 12.2. The highest BCUT2D eigenvalue weighted by Gasteiger charge is 2.15. The number of hydrogen-bond donors (Lipinski definition) is 1. The Bertz CT molecular complexity index is 668. The van der Waals surface area contributed by atoms with E-state index in [-0.39, 0.29) is 24.9 Å². The Morgan fingerprint density at radius 1 is 1.21 bits per heavy atom. The number of aromatic nitrogens is 1. The second kappa shape index (κ2) is 8.75. The molecule has 0 saturated carbocycles. The van der Waals surface area contributed by atoms with E-state index >= 15 is 0 Å². The van der Waals surface area contributed by atoms with Gasteiger partial charge < -0.3 is 10.2 Å². The van der Waals surface area contributed by atoms with E-state index in [1.54, 1.807) is 18.4 Å². The lowest BCUT2D eigenvalue weighted by atomic mass is 10.3. The molecule has 0 spiro atoms. The van der Waals surface area contributed by atoms with E-state index in [4.69, 9.17) is 0 Å². The number of benzene rings is 1. The van der Waals surface area contributed by atoms with Crippen molar-refractivity contribution < 1.29 is 9.59 Å². The molecule has 1 aromatic carbocycles. The fraction of sp³-hybridized carbons (Fsp3) is 0.471. The van der Waals surface area contributed by atoms with Gasteiger partial charge in [0.15, 0.2) is 0 Å². The minimum Gasteiger partial charge on any atom is -0.355 e. The number of para-hydroxylation sites is 1. The Morgan fingerprint density at radius 2 is 1.96 bits per heavy atom. The highest BCUT2D eigenvalue weighted by molar-refractivity contribution is 7.18. The number of carbonyl (C=O) groups is 2. The van der Waals surface area contributed by atoms with Gasteiger partial charge >= 0.3 is 0 Å². The van der Waals surface area contributed by atoms with Crippen LogP contribution in [0.25, 0.3) is 10.2 Å². The van der Waals surface area contributed by atoms with Crippen molar-refractivity contribution in [3.63, 3.8) is 0 Å². The van der Waals surface area contributed by atoms with Crippen LogP contribution >= 0.6 is 11.3 Å². The molecule has 0 aliphatic carbocycles. The molecule has 0 atom stereocenters. The monoisotopic (exact) mass is 348 g/mol. The van der Waals surface area contributed by atoms with Crippen LogP contribution in [0, 0.1) is 0 Å². The number of nitrogens with zero attached hydrogens (tertiary/aromatic N) is 3. The molecule has 130 valence electrons. The first-order chi connectivity index (χ1) is 11.5. The van der Waals surface area contributed by atoms with Crippen LogP contribution in [0.4, 0.5) is 0 Å². The minimum atomic E-state index is -0.124. The second-order valence-electron chi connectivity index (χ2n) is 5.85. The number of carbonyl (C=O) groups excluding carboxylic acids is 2. The SMILES string of the molecule is CCCNC(=O)CN(C)C(=O)CN(C)Cc1nc2ccccc2s1. The maximum absolute atomic E-state index is 12.2. The predicted molar refractivity (Wildman–Crippen MR) is 96.9 cm³/mol. The standard InChI is InChI=1S/C17H24N4O2S/c1-4-9-18-15(22)10-21(3)17(23)12-20(2)11-16-19-13-7-5-6-8-14(13)24-16/h5-8H,4,9-12H2,1-3H3,(H,18,22). The molecule has 24 heavy (non-hydrogen) atoms. The van der Waals surface area contributed by atoms with Crippen LogP contribution in [0.1, 0.15) is 18.4 Å².